The van der Waals surface area contributed by atoms with E-state index in [2.05, 4.69) is 42.4 Å². The van der Waals surface area contributed by atoms with Crippen molar-refractivity contribution in [1.82, 2.24) is 10.3 Å². The van der Waals surface area contributed by atoms with Gasteiger partial charge in [-0.3, -0.25) is 0 Å². The van der Waals surface area contributed by atoms with Gasteiger partial charge in [-0.1, -0.05) is 51.1 Å². The second kappa shape index (κ2) is 7.13. The molecule has 2 heterocycles. The minimum Gasteiger partial charge on any atom is -0.380 e. The van der Waals surface area contributed by atoms with Crippen LogP contribution in [0, 0.1) is 16.7 Å². The summed E-state index contributed by atoms with van der Waals surface area (Å²) in [4.78, 5) is 4.16. The van der Waals surface area contributed by atoms with Crippen LogP contribution in [0.15, 0.2) is 42.6 Å². The maximum atomic E-state index is 11.8. The van der Waals surface area contributed by atoms with Gasteiger partial charge in [-0.25, -0.2) is 4.98 Å². The lowest BCUT2D eigenvalue weighted by atomic mass is 9.62. The Morgan fingerprint density at radius 2 is 1.88 bits per heavy atom. The number of nitrogens with zero attached hydrogens (tertiary/aromatic N) is 2. The molecular formula is C20H24ClN3O. The van der Waals surface area contributed by atoms with Crippen molar-refractivity contribution in [2.75, 3.05) is 13.1 Å². The zero-order chi connectivity index (χ0) is 17.4. The summed E-state index contributed by atoms with van der Waals surface area (Å²) in [6.07, 6.45) is 1.59. The van der Waals surface area contributed by atoms with Gasteiger partial charge in [0, 0.05) is 30.3 Å². The number of rotatable bonds is 4. The molecule has 1 aromatic heterocycles. The van der Waals surface area contributed by atoms with E-state index >= 15 is 0 Å². The number of nitrogens with one attached hydrogen (secondary N) is 1. The summed E-state index contributed by atoms with van der Waals surface area (Å²) in [5, 5.41) is 24.6. The van der Waals surface area contributed by atoms with E-state index in [4.69, 9.17) is 0 Å². The lowest BCUT2D eigenvalue weighted by molar-refractivity contribution is -0.0771. The highest BCUT2D eigenvalue weighted by atomic mass is 35.5. The van der Waals surface area contributed by atoms with Gasteiger partial charge in [-0.15, -0.1) is 12.4 Å². The first kappa shape index (κ1) is 19.4. The van der Waals surface area contributed by atoms with E-state index in [0.29, 0.717) is 24.6 Å². The van der Waals surface area contributed by atoms with E-state index in [1.165, 1.54) is 5.56 Å². The van der Waals surface area contributed by atoms with Crippen LogP contribution in [0.25, 0.3) is 0 Å². The molecule has 25 heavy (non-hydrogen) atoms. The number of pyridine rings is 1. The van der Waals surface area contributed by atoms with Gasteiger partial charge >= 0.3 is 0 Å². The first-order chi connectivity index (χ1) is 11.4. The summed E-state index contributed by atoms with van der Waals surface area (Å²) in [5.74, 6) is 0.432. The van der Waals surface area contributed by atoms with Crippen molar-refractivity contribution >= 4 is 12.4 Å². The average molecular weight is 358 g/mol. The molecule has 2 N–H and O–H groups in total. The lowest BCUT2D eigenvalue weighted by Crippen LogP contribution is -2.63. The minimum atomic E-state index is -1.26. The molecule has 1 aromatic carbocycles. The van der Waals surface area contributed by atoms with Crippen LogP contribution in [-0.2, 0) is 5.60 Å². The molecule has 4 nitrogen and oxygen atoms in total. The van der Waals surface area contributed by atoms with Gasteiger partial charge in [0.15, 0.2) is 0 Å². The number of hydrogen-bond donors (Lipinski definition) is 2. The Balaban J connectivity index is 0.00000225. The molecule has 5 heteroatoms. The Morgan fingerprint density at radius 1 is 1.24 bits per heavy atom. The van der Waals surface area contributed by atoms with Crippen LogP contribution in [0.4, 0.5) is 0 Å². The van der Waals surface area contributed by atoms with Crippen LogP contribution in [0.1, 0.15) is 49.1 Å². The molecule has 1 fully saturated rings. The summed E-state index contributed by atoms with van der Waals surface area (Å²) in [7, 11) is 0. The number of halogens is 1. The molecular weight excluding hydrogens is 334 g/mol. The molecule has 2 aromatic rings. The summed E-state index contributed by atoms with van der Waals surface area (Å²) >= 11 is 0. The van der Waals surface area contributed by atoms with E-state index in [1.807, 2.05) is 25.1 Å². The van der Waals surface area contributed by atoms with Gasteiger partial charge in [-0.2, -0.15) is 5.26 Å². The highest BCUT2D eigenvalue weighted by Crippen LogP contribution is 2.48. The van der Waals surface area contributed by atoms with Crippen molar-refractivity contribution in [1.29, 1.82) is 5.26 Å². The molecule has 1 unspecified atom stereocenters. The van der Waals surface area contributed by atoms with Crippen LogP contribution in [0.3, 0.4) is 0 Å². The molecule has 0 bridgehead atoms. The van der Waals surface area contributed by atoms with Crippen molar-refractivity contribution in [2.24, 2.45) is 5.41 Å². The first-order valence-electron chi connectivity index (χ1n) is 8.31. The van der Waals surface area contributed by atoms with E-state index in [0.717, 1.165) is 5.56 Å². The van der Waals surface area contributed by atoms with Gasteiger partial charge in [0.25, 0.3) is 0 Å². The average Bonchev–Trinajstić information content (AvgIpc) is 2.59. The van der Waals surface area contributed by atoms with Crippen LogP contribution >= 0.6 is 12.4 Å². The molecule has 0 amide bonds. The number of aromatic nitrogens is 1. The van der Waals surface area contributed by atoms with E-state index in [1.54, 1.807) is 12.3 Å². The maximum absolute atomic E-state index is 11.8. The molecule has 1 aliphatic heterocycles. The Bertz CT molecular complexity index is 778. The van der Waals surface area contributed by atoms with Crippen LogP contribution < -0.4 is 5.32 Å². The summed E-state index contributed by atoms with van der Waals surface area (Å²) in [5.41, 5.74) is 1.24. The Kier molecular flexibility index (Phi) is 5.53. The molecule has 0 radical (unpaired) electrons. The quantitative estimate of drug-likeness (QED) is 0.880. The lowest BCUT2D eigenvalue weighted by Gasteiger charge is -2.52. The zero-order valence-corrected chi connectivity index (χ0v) is 15.6. The second-order valence-electron chi connectivity index (χ2n) is 7.16. The molecule has 0 saturated carbocycles. The van der Waals surface area contributed by atoms with Crippen molar-refractivity contribution in [3.8, 4) is 6.07 Å². The number of aliphatic hydroxyl groups is 1. The fourth-order valence-electron chi connectivity index (χ4n) is 3.48. The number of hydrogen-bond acceptors (Lipinski definition) is 4. The monoisotopic (exact) mass is 357 g/mol. The fourth-order valence-corrected chi connectivity index (χ4v) is 3.48. The Hall–Kier alpha value is -1.93. The molecule has 132 valence electrons. The van der Waals surface area contributed by atoms with Crippen LogP contribution in [0.2, 0.25) is 0 Å². The van der Waals surface area contributed by atoms with Crippen molar-refractivity contribution in [3.05, 3.63) is 65.0 Å². The zero-order valence-electron chi connectivity index (χ0n) is 14.8. The Morgan fingerprint density at radius 3 is 2.36 bits per heavy atom. The third-order valence-electron chi connectivity index (χ3n) is 5.20. The highest BCUT2D eigenvalue weighted by molar-refractivity contribution is 5.85. The first-order valence-corrected chi connectivity index (χ1v) is 8.31. The summed E-state index contributed by atoms with van der Waals surface area (Å²) < 4.78 is 0. The van der Waals surface area contributed by atoms with Crippen molar-refractivity contribution in [2.45, 2.75) is 32.3 Å². The summed E-state index contributed by atoms with van der Waals surface area (Å²) in [6, 6.07) is 13.8. The smallest absolute Gasteiger partial charge is 0.146 e. The van der Waals surface area contributed by atoms with Crippen molar-refractivity contribution < 1.29 is 5.11 Å². The largest absolute Gasteiger partial charge is 0.380 e. The van der Waals surface area contributed by atoms with Gasteiger partial charge in [0.1, 0.15) is 17.4 Å². The Labute approximate surface area is 155 Å². The standard InChI is InChI=1S/C20H23N3O.ClH/c1-14(2)15-6-8-16(9-7-15)20(24,19(3)12-22-13-19)17-5-4-10-23-18(17)11-21;/h4-10,14,22,24H,12-13H2,1-3H3;1H. The SMILES string of the molecule is CC(C)c1ccc(C(O)(c2cccnc2C#N)C2(C)CNC2)cc1.Cl. The van der Waals surface area contributed by atoms with Crippen LogP contribution in [-0.4, -0.2) is 23.2 Å². The number of benzene rings is 1. The van der Waals surface area contributed by atoms with Crippen LogP contribution in [0.5, 0.6) is 0 Å². The molecule has 3 rings (SSSR count). The third-order valence-corrected chi connectivity index (χ3v) is 5.20. The number of nitriles is 1. The molecule has 0 aliphatic carbocycles. The topological polar surface area (TPSA) is 68.9 Å². The highest BCUT2D eigenvalue weighted by Gasteiger charge is 2.54. The molecule has 1 atom stereocenters. The van der Waals surface area contributed by atoms with Crippen molar-refractivity contribution in [3.63, 3.8) is 0 Å². The molecule has 1 aliphatic rings. The fraction of sp³-hybridized carbons (Fsp3) is 0.400. The normalized spacial score (nSPS) is 17.8. The molecule has 1 saturated heterocycles. The van der Waals surface area contributed by atoms with Gasteiger partial charge in [0.2, 0.25) is 0 Å². The second-order valence-corrected chi connectivity index (χ2v) is 7.16. The van der Waals surface area contributed by atoms with Gasteiger partial charge in [0.05, 0.1) is 0 Å². The predicted octanol–water partition coefficient (Wildman–Crippen LogP) is 3.34. The molecule has 0 spiro atoms. The van der Waals surface area contributed by atoms with E-state index in [-0.39, 0.29) is 23.5 Å². The van der Waals surface area contributed by atoms with Gasteiger partial charge in [-0.05, 0) is 23.1 Å². The maximum Gasteiger partial charge on any atom is 0.146 e. The van der Waals surface area contributed by atoms with E-state index in [9.17, 15) is 10.4 Å². The summed E-state index contributed by atoms with van der Waals surface area (Å²) in [6.45, 7) is 7.72. The van der Waals surface area contributed by atoms with Gasteiger partial charge < -0.3 is 10.4 Å². The van der Waals surface area contributed by atoms with E-state index < -0.39 is 5.60 Å². The minimum absolute atomic E-state index is 0. The third kappa shape index (κ3) is 3.04. The predicted molar refractivity (Wildman–Crippen MR) is 101 cm³/mol.